The summed E-state index contributed by atoms with van der Waals surface area (Å²) in [6.07, 6.45) is -8.84. The van der Waals surface area contributed by atoms with E-state index in [4.69, 9.17) is 0 Å². The molecule has 1 aromatic carbocycles. The highest BCUT2D eigenvalue weighted by Gasteiger charge is 2.56. The maximum absolute atomic E-state index is 12.9. The van der Waals surface area contributed by atoms with E-state index in [2.05, 4.69) is 11.3 Å². The predicted molar refractivity (Wildman–Crippen MR) is 67.0 cm³/mol. The fourth-order valence-corrected chi connectivity index (χ4v) is 1.52. The van der Waals surface area contributed by atoms with Crippen molar-refractivity contribution < 1.29 is 31.5 Å². The van der Waals surface area contributed by atoms with Gasteiger partial charge in [0.15, 0.2) is 0 Å². The van der Waals surface area contributed by atoms with Gasteiger partial charge < -0.3 is 4.74 Å². The lowest BCUT2D eigenvalue weighted by Gasteiger charge is -2.25. The quantitative estimate of drug-likeness (QED) is 0.606. The molecule has 0 amide bonds. The molecule has 0 aliphatic heterocycles. The van der Waals surface area contributed by atoms with Gasteiger partial charge in [0.25, 0.3) is 12.0 Å². The zero-order valence-electron chi connectivity index (χ0n) is 11.3. The third-order valence-electron chi connectivity index (χ3n) is 2.60. The van der Waals surface area contributed by atoms with Gasteiger partial charge in [-0.2, -0.15) is 13.2 Å². The first kappa shape index (κ1) is 17.1. The summed E-state index contributed by atoms with van der Waals surface area (Å²) in [5, 5.41) is 0. The van der Waals surface area contributed by atoms with E-state index in [0.29, 0.717) is 11.1 Å². The first-order valence-corrected chi connectivity index (χ1v) is 5.84. The number of rotatable bonds is 4. The van der Waals surface area contributed by atoms with E-state index in [-0.39, 0.29) is 12.5 Å². The Morgan fingerprint density at radius 1 is 1.10 bits per heavy atom. The molecule has 0 saturated carbocycles. The Balaban J connectivity index is 2.95. The van der Waals surface area contributed by atoms with E-state index in [1.807, 2.05) is 0 Å². The number of esters is 1. The summed E-state index contributed by atoms with van der Waals surface area (Å²) in [5.41, 5.74) is 1.10. The second-order valence-electron chi connectivity index (χ2n) is 4.64. The number of ether oxygens (including phenoxy) is 1. The summed E-state index contributed by atoms with van der Waals surface area (Å²) in [7, 11) is 0. The molecule has 1 atom stereocenters. The molecular weight excluding hydrogens is 295 g/mol. The Morgan fingerprint density at radius 2 is 1.52 bits per heavy atom. The van der Waals surface area contributed by atoms with E-state index >= 15 is 0 Å². The molecule has 0 aliphatic rings. The van der Waals surface area contributed by atoms with Crippen molar-refractivity contribution >= 4 is 11.5 Å². The van der Waals surface area contributed by atoms with Crippen molar-refractivity contribution in [2.45, 2.75) is 32.1 Å². The predicted octanol–water partition coefficient (Wildman–Crippen LogP) is 4.46. The third kappa shape index (κ3) is 4.54. The molecule has 1 aromatic rings. The minimum atomic E-state index is -5.36. The fraction of sp³-hybridized carbons (Fsp3) is 0.357. The Bertz CT molecular complexity index is 512. The average Bonchev–Trinajstić information content (AvgIpc) is 2.33. The van der Waals surface area contributed by atoms with Crippen molar-refractivity contribution in [2.24, 2.45) is 0 Å². The highest BCUT2D eigenvalue weighted by atomic mass is 19.4. The van der Waals surface area contributed by atoms with Crippen molar-refractivity contribution in [3.63, 3.8) is 0 Å². The molecular formula is C14H13F5O2. The van der Waals surface area contributed by atoms with Gasteiger partial charge in [-0.1, -0.05) is 24.3 Å². The SMILES string of the molecule is C=C(C)c1ccc(C(=O)OC(C(C)(F)F)C(F)(F)F)cc1. The number of hydrogen-bond donors (Lipinski definition) is 0. The molecule has 0 heterocycles. The minimum Gasteiger partial charge on any atom is -0.443 e. The topological polar surface area (TPSA) is 26.3 Å². The second kappa shape index (κ2) is 5.83. The number of benzene rings is 1. The number of carbonyl (C=O) groups excluding carboxylic acids is 1. The van der Waals surface area contributed by atoms with Crippen LogP contribution in [0.25, 0.3) is 5.57 Å². The number of carbonyl (C=O) groups is 1. The van der Waals surface area contributed by atoms with Gasteiger partial charge in [0.1, 0.15) is 0 Å². The molecule has 1 unspecified atom stereocenters. The van der Waals surface area contributed by atoms with Crippen molar-refractivity contribution in [2.75, 3.05) is 0 Å². The minimum absolute atomic E-state index is 0.0443. The summed E-state index contributed by atoms with van der Waals surface area (Å²) < 4.78 is 67.2. The first-order valence-electron chi connectivity index (χ1n) is 5.84. The first-order chi connectivity index (χ1) is 9.43. The molecule has 0 saturated heterocycles. The van der Waals surface area contributed by atoms with Gasteiger partial charge >= 0.3 is 12.1 Å². The monoisotopic (exact) mass is 308 g/mol. The van der Waals surface area contributed by atoms with E-state index in [1.165, 1.54) is 24.3 Å². The molecule has 0 radical (unpaired) electrons. The van der Waals surface area contributed by atoms with Gasteiger partial charge in [-0.15, -0.1) is 0 Å². The fourth-order valence-electron chi connectivity index (χ4n) is 1.52. The molecule has 0 fully saturated rings. The number of hydrogen-bond acceptors (Lipinski definition) is 2. The van der Waals surface area contributed by atoms with Crippen molar-refractivity contribution in [1.29, 1.82) is 0 Å². The lowest BCUT2D eigenvalue weighted by Crippen LogP contribution is -2.46. The average molecular weight is 308 g/mol. The molecule has 7 heteroatoms. The smallest absolute Gasteiger partial charge is 0.431 e. The van der Waals surface area contributed by atoms with Crippen LogP contribution in [0.15, 0.2) is 30.8 Å². The highest BCUT2D eigenvalue weighted by molar-refractivity contribution is 5.90. The van der Waals surface area contributed by atoms with E-state index < -0.39 is 24.2 Å². The van der Waals surface area contributed by atoms with Gasteiger partial charge in [-0.25, -0.2) is 13.6 Å². The van der Waals surface area contributed by atoms with Crippen LogP contribution >= 0.6 is 0 Å². The van der Waals surface area contributed by atoms with Gasteiger partial charge in [0.2, 0.25) is 0 Å². The molecule has 0 aromatic heterocycles. The summed E-state index contributed by atoms with van der Waals surface area (Å²) in [4.78, 5) is 11.6. The van der Waals surface area contributed by atoms with Crippen LogP contribution in [0.5, 0.6) is 0 Å². The second-order valence-corrected chi connectivity index (χ2v) is 4.64. The van der Waals surface area contributed by atoms with Crippen LogP contribution in [0.3, 0.4) is 0 Å². The molecule has 2 nitrogen and oxygen atoms in total. The van der Waals surface area contributed by atoms with Crippen molar-refractivity contribution in [3.05, 3.63) is 42.0 Å². The van der Waals surface area contributed by atoms with Crippen LogP contribution < -0.4 is 0 Å². The molecule has 0 spiro atoms. The summed E-state index contributed by atoms with van der Waals surface area (Å²) in [6, 6.07) is 5.25. The van der Waals surface area contributed by atoms with Gasteiger partial charge in [0.05, 0.1) is 5.56 Å². The van der Waals surface area contributed by atoms with E-state index in [0.717, 1.165) is 0 Å². The van der Waals surface area contributed by atoms with Gasteiger partial charge in [-0.3, -0.25) is 0 Å². The molecule has 0 bridgehead atoms. The Labute approximate surface area is 118 Å². The summed E-state index contributed by atoms with van der Waals surface area (Å²) >= 11 is 0. The summed E-state index contributed by atoms with van der Waals surface area (Å²) in [6.45, 7) is 5.39. The Morgan fingerprint density at radius 3 is 1.86 bits per heavy atom. The molecule has 116 valence electrons. The molecule has 21 heavy (non-hydrogen) atoms. The largest absolute Gasteiger partial charge is 0.443 e. The molecule has 0 aliphatic carbocycles. The lowest BCUT2D eigenvalue weighted by atomic mass is 10.1. The van der Waals surface area contributed by atoms with Gasteiger partial charge in [-0.05, 0) is 24.6 Å². The highest BCUT2D eigenvalue weighted by Crippen LogP contribution is 2.34. The zero-order chi connectivity index (χ0) is 16.4. The van der Waals surface area contributed by atoms with Crippen LogP contribution in [-0.4, -0.2) is 24.2 Å². The van der Waals surface area contributed by atoms with E-state index in [1.54, 1.807) is 6.92 Å². The van der Waals surface area contributed by atoms with Crippen LogP contribution in [0.2, 0.25) is 0 Å². The third-order valence-corrected chi connectivity index (χ3v) is 2.60. The standard InChI is InChI=1S/C14H13F5O2/c1-8(2)9-4-6-10(7-5-9)11(20)21-12(13(3,15)16)14(17,18)19/h4-7,12H,1H2,2-3H3. The molecule has 1 rings (SSSR count). The van der Waals surface area contributed by atoms with Crippen LogP contribution in [0.4, 0.5) is 22.0 Å². The van der Waals surface area contributed by atoms with Crippen molar-refractivity contribution in [1.82, 2.24) is 0 Å². The van der Waals surface area contributed by atoms with Crippen LogP contribution in [0, 0.1) is 0 Å². The summed E-state index contributed by atoms with van der Waals surface area (Å²) in [5.74, 6) is -5.70. The Kier molecular flexibility index (Phi) is 4.76. The Hall–Kier alpha value is -1.92. The van der Waals surface area contributed by atoms with Crippen LogP contribution in [0.1, 0.15) is 29.8 Å². The zero-order valence-corrected chi connectivity index (χ0v) is 11.3. The number of allylic oxidation sites excluding steroid dienone is 1. The lowest BCUT2D eigenvalue weighted by molar-refractivity contribution is -0.263. The number of halogens is 5. The maximum atomic E-state index is 12.9. The van der Waals surface area contributed by atoms with Gasteiger partial charge in [0, 0.05) is 6.92 Å². The normalized spacial score (nSPS) is 13.7. The maximum Gasteiger partial charge on any atom is 0.431 e. The molecule has 0 N–H and O–H groups in total. The van der Waals surface area contributed by atoms with E-state index in [9.17, 15) is 26.7 Å². The number of alkyl halides is 5. The van der Waals surface area contributed by atoms with Crippen LogP contribution in [-0.2, 0) is 4.74 Å². The van der Waals surface area contributed by atoms with Crippen molar-refractivity contribution in [3.8, 4) is 0 Å².